The zero-order valence-corrected chi connectivity index (χ0v) is 16.4. The summed E-state index contributed by atoms with van der Waals surface area (Å²) in [5, 5.41) is 4.24. The van der Waals surface area contributed by atoms with Crippen LogP contribution in [0.4, 0.5) is 5.82 Å². The summed E-state index contributed by atoms with van der Waals surface area (Å²) in [6.07, 6.45) is 1.55. The Morgan fingerprint density at radius 2 is 1.92 bits per heavy atom. The molecule has 2 heterocycles. The summed E-state index contributed by atoms with van der Waals surface area (Å²) in [5.74, 6) is 0.786. The number of anilines is 1. The molecule has 5 nitrogen and oxygen atoms in total. The average Bonchev–Trinajstić information content (AvgIpc) is 2.93. The van der Waals surface area contributed by atoms with Gasteiger partial charge in [-0.2, -0.15) is 0 Å². The first-order valence-electron chi connectivity index (χ1n) is 8.75. The molecule has 0 atom stereocenters. The Morgan fingerprint density at radius 1 is 1.19 bits per heavy atom. The molecule has 0 unspecified atom stereocenters. The van der Waals surface area contributed by atoms with Crippen LogP contribution in [-0.4, -0.2) is 33.4 Å². The van der Waals surface area contributed by atoms with Crippen LogP contribution in [0.3, 0.4) is 0 Å². The summed E-state index contributed by atoms with van der Waals surface area (Å²) in [7, 11) is 0. The Morgan fingerprint density at radius 3 is 2.62 bits per heavy atom. The molecule has 0 aliphatic heterocycles. The van der Waals surface area contributed by atoms with Crippen molar-refractivity contribution in [2.75, 3.05) is 11.9 Å². The lowest BCUT2D eigenvalue weighted by atomic mass is 10.2. The maximum atomic E-state index is 12.8. The monoisotopic (exact) mass is 368 g/mol. The fourth-order valence-corrected chi connectivity index (χ4v) is 3.91. The molecule has 0 saturated heterocycles. The highest BCUT2D eigenvalue weighted by atomic mass is 32.1. The Kier molecular flexibility index (Phi) is 5.52. The van der Waals surface area contributed by atoms with Gasteiger partial charge >= 0.3 is 0 Å². The number of aromatic nitrogens is 2. The number of aryl methyl sites for hydroxylation is 2. The molecule has 0 spiro atoms. The lowest BCUT2D eigenvalue weighted by Crippen LogP contribution is -2.40. The third kappa shape index (κ3) is 3.85. The molecule has 136 valence electrons. The van der Waals surface area contributed by atoms with Crippen molar-refractivity contribution in [1.82, 2.24) is 14.9 Å². The number of carbonyl (C=O) groups is 1. The summed E-state index contributed by atoms with van der Waals surface area (Å²) in [4.78, 5) is 25.6. The molecule has 0 bridgehead atoms. The number of thiophene rings is 1. The predicted octanol–water partition coefficient (Wildman–Crippen LogP) is 4.16. The van der Waals surface area contributed by atoms with Gasteiger partial charge in [0.25, 0.3) is 0 Å². The van der Waals surface area contributed by atoms with Gasteiger partial charge in [-0.1, -0.05) is 30.3 Å². The van der Waals surface area contributed by atoms with Gasteiger partial charge in [0, 0.05) is 17.5 Å². The van der Waals surface area contributed by atoms with Crippen LogP contribution in [-0.2, 0) is 11.3 Å². The van der Waals surface area contributed by atoms with Gasteiger partial charge in [0.2, 0.25) is 5.91 Å². The van der Waals surface area contributed by atoms with Crippen molar-refractivity contribution in [3.63, 3.8) is 0 Å². The van der Waals surface area contributed by atoms with Gasteiger partial charge in [0.15, 0.2) is 0 Å². The quantitative estimate of drug-likeness (QED) is 0.710. The van der Waals surface area contributed by atoms with Gasteiger partial charge in [-0.15, -0.1) is 11.3 Å². The van der Waals surface area contributed by atoms with Crippen molar-refractivity contribution >= 4 is 33.3 Å². The lowest BCUT2D eigenvalue weighted by Gasteiger charge is -2.27. The topological polar surface area (TPSA) is 58.1 Å². The van der Waals surface area contributed by atoms with E-state index in [9.17, 15) is 4.79 Å². The second-order valence-electron chi connectivity index (χ2n) is 6.64. The average molecular weight is 369 g/mol. The highest BCUT2D eigenvalue weighted by Crippen LogP contribution is 2.32. The second kappa shape index (κ2) is 7.83. The van der Waals surface area contributed by atoms with Crippen molar-refractivity contribution in [3.05, 3.63) is 52.7 Å². The van der Waals surface area contributed by atoms with Crippen LogP contribution in [0.5, 0.6) is 0 Å². The Hall–Kier alpha value is -2.47. The molecule has 0 saturated carbocycles. The Bertz CT molecular complexity index is 905. The zero-order valence-electron chi connectivity index (χ0n) is 15.6. The summed E-state index contributed by atoms with van der Waals surface area (Å²) in [6, 6.07) is 10.2. The molecule has 0 radical (unpaired) electrons. The van der Waals surface area contributed by atoms with Crippen LogP contribution in [0, 0.1) is 13.8 Å². The van der Waals surface area contributed by atoms with Crippen molar-refractivity contribution in [2.45, 2.75) is 40.3 Å². The molecule has 2 aromatic heterocycles. The summed E-state index contributed by atoms with van der Waals surface area (Å²) >= 11 is 1.65. The molecule has 26 heavy (non-hydrogen) atoms. The maximum Gasteiger partial charge on any atom is 0.242 e. The van der Waals surface area contributed by atoms with E-state index in [0.29, 0.717) is 6.54 Å². The van der Waals surface area contributed by atoms with Crippen molar-refractivity contribution < 1.29 is 4.79 Å². The third-order valence-electron chi connectivity index (χ3n) is 4.51. The fraction of sp³-hybridized carbons (Fsp3) is 0.350. The third-order valence-corrected chi connectivity index (χ3v) is 5.63. The standard InChI is InChI=1S/C20H24N4OS/c1-13(2)24(11-16-8-6-5-7-9-16)17(25)10-21-19-18-14(3)15(4)26-20(18)23-12-22-19/h5-9,12-13H,10-11H2,1-4H3,(H,21,22,23). The highest BCUT2D eigenvalue weighted by molar-refractivity contribution is 7.18. The van der Waals surface area contributed by atoms with Gasteiger partial charge in [0.05, 0.1) is 11.9 Å². The number of hydrogen-bond acceptors (Lipinski definition) is 5. The number of hydrogen-bond donors (Lipinski definition) is 1. The normalized spacial score (nSPS) is 11.1. The molecule has 0 aliphatic rings. The van der Waals surface area contributed by atoms with E-state index in [1.165, 1.54) is 10.4 Å². The predicted molar refractivity (Wildman–Crippen MR) is 108 cm³/mol. The second-order valence-corrected chi connectivity index (χ2v) is 7.84. The first-order chi connectivity index (χ1) is 12.5. The smallest absolute Gasteiger partial charge is 0.242 e. The number of nitrogens with one attached hydrogen (secondary N) is 1. The molecule has 3 rings (SSSR count). The van der Waals surface area contributed by atoms with Crippen LogP contribution < -0.4 is 5.32 Å². The van der Waals surface area contributed by atoms with Crippen LogP contribution in [0.15, 0.2) is 36.7 Å². The van der Waals surface area contributed by atoms with E-state index >= 15 is 0 Å². The molecule has 1 amide bonds. The molecular weight excluding hydrogens is 344 g/mol. The van der Waals surface area contributed by atoms with Gasteiger partial charge < -0.3 is 10.2 Å². The van der Waals surface area contributed by atoms with E-state index in [0.717, 1.165) is 21.6 Å². The van der Waals surface area contributed by atoms with Gasteiger partial charge in [-0.25, -0.2) is 9.97 Å². The number of fused-ring (bicyclic) bond motifs is 1. The number of nitrogens with zero attached hydrogens (tertiary/aromatic N) is 3. The lowest BCUT2D eigenvalue weighted by molar-refractivity contribution is -0.131. The van der Waals surface area contributed by atoms with Crippen LogP contribution >= 0.6 is 11.3 Å². The van der Waals surface area contributed by atoms with Gasteiger partial charge in [-0.05, 0) is 38.8 Å². The zero-order chi connectivity index (χ0) is 18.7. The van der Waals surface area contributed by atoms with E-state index in [-0.39, 0.29) is 18.5 Å². The summed E-state index contributed by atoms with van der Waals surface area (Å²) in [6.45, 7) is 9.05. The molecule has 0 fully saturated rings. The van der Waals surface area contributed by atoms with Gasteiger partial charge in [-0.3, -0.25) is 4.79 Å². The number of carbonyl (C=O) groups excluding carboxylic acids is 1. The fourth-order valence-electron chi connectivity index (χ4n) is 2.92. The minimum atomic E-state index is 0.0558. The minimum absolute atomic E-state index is 0.0558. The van der Waals surface area contributed by atoms with Gasteiger partial charge in [0.1, 0.15) is 17.0 Å². The summed E-state index contributed by atoms with van der Waals surface area (Å²) in [5.41, 5.74) is 2.30. The van der Waals surface area contributed by atoms with E-state index < -0.39 is 0 Å². The number of amides is 1. The molecule has 1 aromatic carbocycles. The number of benzene rings is 1. The Labute approximate surface area is 158 Å². The largest absolute Gasteiger partial charge is 0.360 e. The van der Waals surface area contributed by atoms with E-state index in [4.69, 9.17) is 0 Å². The van der Waals surface area contributed by atoms with E-state index in [1.54, 1.807) is 17.7 Å². The maximum absolute atomic E-state index is 12.8. The first-order valence-corrected chi connectivity index (χ1v) is 9.57. The summed E-state index contributed by atoms with van der Waals surface area (Å²) < 4.78 is 0. The first kappa shape index (κ1) is 18.3. The van der Waals surface area contributed by atoms with Crippen molar-refractivity contribution in [2.24, 2.45) is 0 Å². The van der Waals surface area contributed by atoms with Crippen LogP contribution in [0.1, 0.15) is 29.9 Å². The minimum Gasteiger partial charge on any atom is -0.360 e. The van der Waals surface area contributed by atoms with Crippen molar-refractivity contribution in [3.8, 4) is 0 Å². The molecule has 3 aromatic rings. The molecular formula is C20H24N4OS. The van der Waals surface area contributed by atoms with Crippen LogP contribution in [0.2, 0.25) is 0 Å². The molecule has 6 heteroatoms. The number of rotatable bonds is 6. The van der Waals surface area contributed by atoms with E-state index in [2.05, 4.69) is 29.1 Å². The SMILES string of the molecule is Cc1sc2ncnc(NCC(=O)N(Cc3ccccc3)C(C)C)c2c1C. The van der Waals surface area contributed by atoms with Crippen molar-refractivity contribution in [1.29, 1.82) is 0 Å². The Balaban J connectivity index is 1.75. The van der Waals surface area contributed by atoms with E-state index in [1.807, 2.05) is 49.1 Å². The molecule has 1 N–H and O–H groups in total. The molecule has 0 aliphatic carbocycles. The van der Waals surface area contributed by atoms with Crippen LogP contribution in [0.25, 0.3) is 10.2 Å². The highest BCUT2D eigenvalue weighted by Gasteiger charge is 2.18.